The average Bonchev–Trinajstić information content (AvgIpc) is 3.30. The third-order valence-corrected chi connectivity index (χ3v) is 11.4. The number of allylic oxidation sites excluding steroid dienone is 16. The molecule has 0 aromatic carbocycles. The quantitative estimate of drug-likeness (QED) is 0.0265. The zero-order valence-corrected chi connectivity index (χ0v) is 42.1. The largest absolute Gasteiger partial charge is 0.472 e. The molecule has 0 saturated carbocycles. The Morgan fingerprint density at radius 3 is 1.28 bits per heavy atom. The monoisotopic (exact) mass is 928 g/mol. The lowest BCUT2D eigenvalue weighted by Crippen LogP contribution is -2.29. The number of hydrogen-bond acceptors (Lipinski definition) is 8. The summed E-state index contributed by atoms with van der Waals surface area (Å²) in [6.07, 6.45) is 65.9. The summed E-state index contributed by atoms with van der Waals surface area (Å²) in [5.74, 6) is -0.851. The molecule has 372 valence electrons. The molecule has 0 aliphatic heterocycles. The van der Waals surface area contributed by atoms with Crippen LogP contribution in [0.4, 0.5) is 0 Å². The molecule has 2 unspecified atom stereocenters. The van der Waals surface area contributed by atoms with Crippen LogP contribution in [0.2, 0.25) is 0 Å². The van der Waals surface area contributed by atoms with Crippen molar-refractivity contribution in [3.63, 3.8) is 0 Å². The van der Waals surface area contributed by atoms with Gasteiger partial charge < -0.3 is 20.1 Å². The Morgan fingerprint density at radius 2 is 0.846 bits per heavy atom. The molecule has 0 fully saturated rings. The molecular weight excluding hydrogens is 834 g/mol. The van der Waals surface area contributed by atoms with Crippen molar-refractivity contribution >= 4 is 19.8 Å². The minimum absolute atomic E-state index is 0.0469. The molecule has 9 nitrogen and oxygen atoms in total. The van der Waals surface area contributed by atoms with Crippen LogP contribution in [-0.4, -0.2) is 49.3 Å². The summed E-state index contributed by atoms with van der Waals surface area (Å²) >= 11 is 0. The van der Waals surface area contributed by atoms with Crippen molar-refractivity contribution in [2.75, 3.05) is 26.4 Å². The van der Waals surface area contributed by atoms with Crippen molar-refractivity contribution in [3.05, 3.63) is 97.2 Å². The SMILES string of the molecule is CC/C=C\C/C=C\C/C=C\C/C=C\C/C=C\C/C=C\C/C=C\CCCCCCCCCCCC(=O)OC(COC(=O)CCCCCCC/C=C\CCCCCC)COP(=O)(O)OCCN. The van der Waals surface area contributed by atoms with Gasteiger partial charge in [-0.25, -0.2) is 4.57 Å². The van der Waals surface area contributed by atoms with Crippen molar-refractivity contribution in [2.24, 2.45) is 5.73 Å². The second-order valence-electron chi connectivity index (χ2n) is 16.7. The van der Waals surface area contributed by atoms with Crippen LogP contribution in [-0.2, 0) is 32.7 Å². The van der Waals surface area contributed by atoms with E-state index in [2.05, 4.69) is 111 Å². The second kappa shape index (κ2) is 50.3. The number of rotatable bonds is 47. The number of ether oxygens (including phenoxy) is 2. The summed E-state index contributed by atoms with van der Waals surface area (Å²) in [7, 11) is -4.39. The fourth-order valence-corrected chi connectivity index (χ4v) is 7.43. The maximum Gasteiger partial charge on any atom is 0.472 e. The molecule has 0 radical (unpaired) electrons. The predicted molar refractivity (Wildman–Crippen MR) is 275 cm³/mol. The highest BCUT2D eigenvalue weighted by atomic mass is 31.2. The zero-order valence-electron chi connectivity index (χ0n) is 41.2. The van der Waals surface area contributed by atoms with Crippen LogP contribution in [0.5, 0.6) is 0 Å². The first-order valence-corrected chi connectivity index (χ1v) is 27.2. The molecule has 10 heteroatoms. The smallest absolute Gasteiger partial charge is 0.462 e. The molecule has 0 saturated heterocycles. The van der Waals surface area contributed by atoms with Crippen molar-refractivity contribution < 1.29 is 37.6 Å². The molecule has 3 N–H and O–H groups in total. The van der Waals surface area contributed by atoms with E-state index in [0.717, 1.165) is 109 Å². The highest BCUT2D eigenvalue weighted by Crippen LogP contribution is 2.43. The van der Waals surface area contributed by atoms with Crippen molar-refractivity contribution in [1.29, 1.82) is 0 Å². The number of hydrogen-bond donors (Lipinski definition) is 2. The van der Waals surface area contributed by atoms with Crippen LogP contribution in [0.15, 0.2) is 97.2 Å². The Morgan fingerprint density at radius 1 is 0.477 bits per heavy atom. The number of carbonyl (C=O) groups excluding carboxylic acids is 2. The van der Waals surface area contributed by atoms with E-state index in [-0.39, 0.29) is 32.6 Å². The van der Waals surface area contributed by atoms with Crippen LogP contribution in [0.1, 0.15) is 206 Å². The number of esters is 2. The normalized spacial score (nSPS) is 14.0. The third kappa shape index (κ3) is 50.2. The fraction of sp³-hybridized carbons (Fsp3) is 0.673. The van der Waals surface area contributed by atoms with Gasteiger partial charge in [-0.1, -0.05) is 195 Å². The molecule has 0 aromatic heterocycles. The summed E-state index contributed by atoms with van der Waals surface area (Å²) in [6.45, 7) is 3.58. The van der Waals surface area contributed by atoms with Gasteiger partial charge in [0.05, 0.1) is 13.2 Å². The van der Waals surface area contributed by atoms with E-state index in [9.17, 15) is 19.0 Å². The maximum atomic E-state index is 12.6. The van der Waals surface area contributed by atoms with Crippen LogP contribution >= 0.6 is 7.82 Å². The van der Waals surface area contributed by atoms with E-state index < -0.39 is 32.5 Å². The number of carbonyl (C=O) groups is 2. The third-order valence-electron chi connectivity index (χ3n) is 10.5. The number of phosphoric ester groups is 1. The summed E-state index contributed by atoms with van der Waals surface area (Å²) in [6, 6.07) is 0. The first-order valence-electron chi connectivity index (χ1n) is 25.7. The van der Waals surface area contributed by atoms with Crippen molar-refractivity contribution in [1.82, 2.24) is 0 Å². The summed E-state index contributed by atoms with van der Waals surface area (Å²) in [5, 5.41) is 0. The summed E-state index contributed by atoms with van der Waals surface area (Å²) in [5.41, 5.74) is 5.36. The Bertz CT molecular complexity index is 1380. The molecule has 0 amide bonds. The molecule has 0 spiro atoms. The van der Waals surface area contributed by atoms with Crippen LogP contribution in [0.3, 0.4) is 0 Å². The lowest BCUT2D eigenvalue weighted by Gasteiger charge is -2.19. The molecule has 0 bridgehead atoms. The highest BCUT2D eigenvalue weighted by Gasteiger charge is 2.26. The molecule has 65 heavy (non-hydrogen) atoms. The van der Waals surface area contributed by atoms with Crippen LogP contribution in [0.25, 0.3) is 0 Å². The Balaban J connectivity index is 4.04. The van der Waals surface area contributed by atoms with Gasteiger partial charge in [-0.2, -0.15) is 0 Å². The molecule has 0 heterocycles. The first-order chi connectivity index (χ1) is 31.8. The van der Waals surface area contributed by atoms with Gasteiger partial charge in [0.15, 0.2) is 6.10 Å². The molecule has 2 atom stereocenters. The Kier molecular flexibility index (Phi) is 48.0. The minimum atomic E-state index is -4.39. The van der Waals surface area contributed by atoms with Gasteiger partial charge in [-0.15, -0.1) is 0 Å². The minimum Gasteiger partial charge on any atom is -0.462 e. The van der Waals surface area contributed by atoms with Crippen molar-refractivity contribution in [2.45, 2.75) is 213 Å². The lowest BCUT2D eigenvalue weighted by molar-refractivity contribution is -0.161. The van der Waals surface area contributed by atoms with Gasteiger partial charge in [-0.05, 0) is 96.3 Å². The number of phosphoric acid groups is 1. The van der Waals surface area contributed by atoms with Gasteiger partial charge in [0, 0.05) is 19.4 Å². The summed E-state index contributed by atoms with van der Waals surface area (Å²) < 4.78 is 32.9. The lowest BCUT2D eigenvalue weighted by atomic mass is 10.1. The van der Waals surface area contributed by atoms with Crippen LogP contribution < -0.4 is 5.73 Å². The predicted octanol–water partition coefficient (Wildman–Crippen LogP) is 15.7. The maximum absolute atomic E-state index is 12.6. The zero-order chi connectivity index (χ0) is 47.4. The van der Waals surface area contributed by atoms with E-state index in [0.29, 0.717) is 6.42 Å². The molecular formula is C55H94NO8P. The number of nitrogens with two attached hydrogens (primary N) is 1. The molecule has 0 aliphatic rings. The fourth-order valence-electron chi connectivity index (χ4n) is 6.67. The van der Waals surface area contributed by atoms with E-state index in [1.165, 1.54) is 64.2 Å². The average molecular weight is 928 g/mol. The molecule has 0 aromatic rings. The van der Waals surface area contributed by atoms with Gasteiger partial charge in [-0.3, -0.25) is 18.6 Å². The standard InChI is InChI=1S/C55H94NO8P/c1-3-5-7-9-11-13-15-17-18-19-20-21-22-23-24-25-26-27-28-29-30-31-32-33-34-36-38-40-42-44-46-48-55(58)64-53(52-63-65(59,60)62-50-49-56)51-61-54(57)47-45-43-41-39-37-35-16-14-12-10-8-6-4-2/h5,7,11,13-14,16-18,20-21,23-24,26-27,29-30,53H,3-4,6,8-10,12,15,19,22,25,28,31-52,56H2,1-2H3,(H,59,60)/b7-5-,13-11-,16-14-,18-17-,21-20-,24-23-,27-26-,30-29-. The molecule has 0 rings (SSSR count). The second-order valence-corrected chi connectivity index (χ2v) is 18.1. The van der Waals surface area contributed by atoms with E-state index in [1.807, 2.05) is 0 Å². The van der Waals surface area contributed by atoms with E-state index in [1.54, 1.807) is 0 Å². The van der Waals surface area contributed by atoms with Gasteiger partial charge in [0.2, 0.25) is 0 Å². The van der Waals surface area contributed by atoms with E-state index >= 15 is 0 Å². The van der Waals surface area contributed by atoms with E-state index in [4.69, 9.17) is 24.3 Å². The first kappa shape index (κ1) is 61.9. The number of unbranched alkanes of at least 4 members (excludes halogenated alkanes) is 18. The van der Waals surface area contributed by atoms with Gasteiger partial charge in [0.1, 0.15) is 6.61 Å². The van der Waals surface area contributed by atoms with Crippen molar-refractivity contribution in [3.8, 4) is 0 Å². The van der Waals surface area contributed by atoms with Gasteiger partial charge in [0.25, 0.3) is 0 Å². The highest BCUT2D eigenvalue weighted by molar-refractivity contribution is 7.47. The Hall–Kier alpha value is -3.07. The topological polar surface area (TPSA) is 134 Å². The summed E-state index contributed by atoms with van der Waals surface area (Å²) in [4.78, 5) is 35.0. The Labute approximate surface area is 397 Å². The molecule has 0 aliphatic carbocycles. The van der Waals surface area contributed by atoms with Gasteiger partial charge >= 0.3 is 19.8 Å². The van der Waals surface area contributed by atoms with Crippen LogP contribution in [0, 0.1) is 0 Å².